The summed E-state index contributed by atoms with van der Waals surface area (Å²) in [5.74, 6) is 0.763. The molecule has 5 rings (SSSR count). The first-order chi connectivity index (χ1) is 16.2. The lowest BCUT2D eigenvalue weighted by molar-refractivity contribution is -0.133. The number of hydrogen-bond acceptors (Lipinski definition) is 6. The van der Waals surface area contributed by atoms with Crippen LogP contribution >= 0.6 is 0 Å². The van der Waals surface area contributed by atoms with Crippen molar-refractivity contribution < 1.29 is 22.7 Å². The van der Waals surface area contributed by atoms with E-state index in [1.165, 1.54) is 28.2 Å². The number of rotatable bonds is 5. The van der Waals surface area contributed by atoms with Crippen molar-refractivity contribution >= 4 is 21.8 Å². The van der Waals surface area contributed by atoms with Crippen LogP contribution in [0.15, 0.2) is 47.4 Å². The minimum Gasteiger partial charge on any atom is -0.493 e. The summed E-state index contributed by atoms with van der Waals surface area (Å²) in [6.45, 7) is 4.41. The number of amides is 3. The number of carbonyl (C=O) groups excluding carboxylic acids is 2. The molecule has 0 aliphatic carbocycles. The minimum absolute atomic E-state index is 0.117. The van der Waals surface area contributed by atoms with Crippen molar-refractivity contribution in [2.75, 3.05) is 26.0 Å². The van der Waals surface area contributed by atoms with Gasteiger partial charge in [-0.15, -0.1) is 0 Å². The fourth-order valence-electron chi connectivity index (χ4n) is 5.13. The van der Waals surface area contributed by atoms with Crippen molar-refractivity contribution in [2.45, 2.75) is 49.2 Å². The fraction of sp³-hybridized carbons (Fsp3) is 0.440. The molecule has 2 saturated heterocycles. The Kier molecular flexibility index (Phi) is 5.64. The van der Waals surface area contributed by atoms with Gasteiger partial charge in [0.05, 0.1) is 18.0 Å². The molecule has 0 aromatic heterocycles. The maximum Gasteiger partial charge on any atom is 0.325 e. The first-order valence-electron chi connectivity index (χ1n) is 11.6. The van der Waals surface area contributed by atoms with Gasteiger partial charge in [0.2, 0.25) is 0 Å². The van der Waals surface area contributed by atoms with Gasteiger partial charge < -0.3 is 10.1 Å². The summed E-state index contributed by atoms with van der Waals surface area (Å²) in [6.07, 6.45) is 3.20. The molecule has 2 fully saturated rings. The predicted molar refractivity (Wildman–Crippen MR) is 126 cm³/mol. The Balaban J connectivity index is 1.24. The van der Waals surface area contributed by atoms with Crippen LogP contribution in [-0.2, 0) is 27.6 Å². The van der Waals surface area contributed by atoms with Crippen molar-refractivity contribution in [1.29, 1.82) is 0 Å². The standard InChI is InChI=1S/C25H29N3O5S/c1-17(20-6-5-19-9-14-33-22(19)15-20)27-12-10-25(11-13-27)23(29)28(24(30)26-25)16-18-3-7-21(8-4-18)34(2,31)32/h3-8,15,17H,9-14,16H2,1-2H3,(H,26,30)/t17-/m0/s1. The SMILES string of the molecule is C[C@@H](c1ccc2c(c1)OCC2)N1CCC2(CC1)NC(=O)N(Cc1ccc(S(C)(=O)=O)cc1)C2=O. The van der Waals surface area contributed by atoms with E-state index < -0.39 is 21.4 Å². The minimum atomic E-state index is -3.30. The van der Waals surface area contributed by atoms with Gasteiger partial charge >= 0.3 is 6.03 Å². The summed E-state index contributed by atoms with van der Waals surface area (Å²) in [5.41, 5.74) is 2.27. The lowest BCUT2D eigenvalue weighted by Gasteiger charge is -2.40. The molecule has 34 heavy (non-hydrogen) atoms. The molecule has 0 radical (unpaired) electrons. The molecule has 2 aromatic carbocycles. The molecule has 3 heterocycles. The third kappa shape index (κ3) is 4.07. The highest BCUT2D eigenvalue weighted by Gasteiger charge is 2.52. The van der Waals surface area contributed by atoms with Gasteiger partial charge in [0.15, 0.2) is 9.84 Å². The number of benzene rings is 2. The number of hydrogen-bond donors (Lipinski definition) is 1. The van der Waals surface area contributed by atoms with E-state index in [0.29, 0.717) is 31.5 Å². The van der Waals surface area contributed by atoms with Gasteiger partial charge in [-0.2, -0.15) is 0 Å². The molecule has 8 nitrogen and oxygen atoms in total. The highest BCUT2D eigenvalue weighted by molar-refractivity contribution is 7.90. The first-order valence-corrected chi connectivity index (χ1v) is 13.5. The number of carbonyl (C=O) groups is 2. The summed E-state index contributed by atoms with van der Waals surface area (Å²) in [5, 5.41) is 2.95. The number of nitrogens with zero attached hydrogens (tertiary/aromatic N) is 2. The topological polar surface area (TPSA) is 96.0 Å². The summed E-state index contributed by atoms with van der Waals surface area (Å²) in [4.78, 5) is 29.8. The van der Waals surface area contributed by atoms with Crippen molar-refractivity contribution in [1.82, 2.24) is 15.1 Å². The second kappa shape index (κ2) is 8.39. The van der Waals surface area contributed by atoms with Crippen LogP contribution in [0.3, 0.4) is 0 Å². The number of fused-ring (bicyclic) bond motifs is 1. The molecule has 3 amide bonds. The van der Waals surface area contributed by atoms with Crippen LogP contribution in [-0.4, -0.2) is 61.6 Å². The third-order valence-electron chi connectivity index (χ3n) is 7.34. The van der Waals surface area contributed by atoms with Gasteiger partial charge in [0.25, 0.3) is 5.91 Å². The largest absolute Gasteiger partial charge is 0.493 e. The fourth-order valence-corrected chi connectivity index (χ4v) is 5.76. The normalized spacial score (nSPS) is 20.8. The maximum atomic E-state index is 13.3. The van der Waals surface area contributed by atoms with E-state index in [9.17, 15) is 18.0 Å². The van der Waals surface area contributed by atoms with E-state index in [1.807, 2.05) is 0 Å². The first kappa shape index (κ1) is 22.9. The van der Waals surface area contributed by atoms with Crippen LogP contribution < -0.4 is 10.1 Å². The van der Waals surface area contributed by atoms with E-state index in [-0.39, 0.29) is 23.4 Å². The molecule has 180 valence electrons. The molecule has 0 bridgehead atoms. The Hall–Kier alpha value is -2.91. The third-order valence-corrected chi connectivity index (χ3v) is 8.47. The number of piperidine rings is 1. The lowest BCUT2D eigenvalue weighted by atomic mass is 9.86. The monoisotopic (exact) mass is 483 g/mol. The summed E-state index contributed by atoms with van der Waals surface area (Å²) in [6, 6.07) is 12.5. The highest BCUT2D eigenvalue weighted by atomic mass is 32.2. The molecule has 0 saturated carbocycles. The van der Waals surface area contributed by atoms with Gasteiger partial charge in [0, 0.05) is 31.8 Å². The molecule has 1 N–H and O–H groups in total. The van der Waals surface area contributed by atoms with Gasteiger partial charge in [-0.3, -0.25) is 14.6 Å². The van der Waals surface area contributed by atoms with Crippen LogP contribution in [0.5, 0.6) is 5.75 Å². The van der Waals surface area contributed by atoms with E-state index in [2.05, 4.69) is 35.3 Å². The zero-order valence-corrected chi connectivity index (χ0v) is 20.2. The van der Waals surface area contributed by atoms with Crippen molar-refractivity contribution in [2.24, 2.45) is 0 Å². The molecule has 3 aliphatic rings. The van der Waals surface area contributed by atoms with Crippen LogP contribution in [0.25, 0.3) is 0 Å². The summed E-state index contributed by atoms with van der Waals surface area (Å²) < 4.78 is 29.1. The highest BCUT2D eigenvalue weighted by Crippen LogP contribution is 2.35. The number of imide groups is 1. The average Bonchev–Trinajstić information content (AvgIpc) is 3.37. The molecular formula is C25H29N3O5S. The lowest BCUT2D eigenvalue weighted by Crippen LogP contribution is -2.55. The number of ether oxygens (including phenoxy) is 1. The smallest absolute Gasteiger partial charge is 0.325 e. The molecule has 0 unspecified atom stereocenters. The average molecular weight is 484 g/mol. The zero-order chi connectivity index (χ0) is 24.1. The predicted octanol–water partition coefficient (Wildman–Crippen LogP) is 2.67. The van der Waals surface area contributed by atoms with Crippen molar-refractivity contribution in [3.05, 3.63) is 59.2 Å². The van der Waals surface area contributed by atoms with Gasteiger partial charge in [-0.25, -0.2) is 13.2 Å². The van der Waals surface area contributed by atoms with Crippen molar-refractivity contribution in [3.8, 4) is 5.75 Å². The molecule has 1 spiro atoms. The van der Waals surface area contributed by atoms with Crippen LogP contribution in [0, 0.1) is 0 Å². The Bertz CT molecular complexity index is 1230. The Morgan fingerprint density at radius 3 is 2.47 bits per heavy atom. The second-order valence-electron chi connectivity index (χ2n) is 9.50. The number of likely N-dealkylation sites (tertiary alicyclic amines) is 1. The van der Waals surface area contributed by atoms with E-state index in [4.69, 9.17) is 4.74 Å². The van der Waals surface area contributed by atoms with Crippen LogP contribution in [0.4, 0.5) is 4.79 Å². The molecular weight excluding hydrogens is 454 g/mol. The molecule has 1 atom stereocenters. The van der Waals surface area contributed by atoms with Gasteiger partial charge in [-0.1, -0.05) is 24.3 Å². The Morgan fingerprint density at radius 1 is 1.09 bits per heavy atom. The summed E-state index contributed by atoms with van der Waals surface area (Å²) >= 11 is 0. The Labute approximate surface area is 199 Å². The summed E-state index contributed by atoms with van der Waals surface area (Å²) in [7, 11) is -3.30. The van der Waals surface area contributed by atoms with E-state index in [0.717, 1.165) is 25.0 Å². The number of sulfone groups is 1. The number of urea groups is 1. The van der Waals surface area contributed by atoms with E-state index in [1.54, 1.807) is 12.1 Å². The maximum absolute atomic E-state index is 13.3. The van der Waals surface area contributed by atoms with Crippen LogP contribution in [0.2, 0.25) is 0 Å². The quantitative estimate of drug-likeness (QED) is 0.657. The second-order valence-corrected chi connectivity index (χ2v) is 11.5. The van der Waals surface area contributed by atoms with Gasteiger partial charge in [-0.05, 0) is 54.7 Å². The van der Waals surface area contributed by atoms with Gasteiger partial charge in [0.1, 0.15) is 11.3 Å². The Morgan fingerprint density at radius 2 is 1.79 bits per heavy atom. The zero-order valence-electron chi connectivity index (χ0n) is 19.4. The molecule has 2 aromatic rings. The van der Waals surface area contributed by atoms with E-state index >= 15 is 0 Å². The number of nitrogens with one attached hydrogen (secondary N) is 1. The van der Waals surface area contributed by atoms with Crippen molar-refractivity contribution in [3.63, 3.8) is 0 Å². The molecule has 3 aliphatic heterocycles. The van der Waals surface area contributed by atoms with Crippen LogP contribution in [0.1, 0.15) is 42.5 Å². The molecule has 9 heteroatoms.